The van der Waals surface area contributed by atoms with Crippen LogP contribution in [0.5, 0.6) is 0 Å². The molecule has 0 bridgehead atoms. The second-order valence-corrected chi connectivity index (χ2v) is 21.4. The zero-order chi connectivity index (χ0) is 58.8. The van der Waals surface area contributed by atoms with E-state index < -0.39 is 11.7 Å². The highest BCUT2D eigenvalue weighted by molar-refractivity contribution is 6.13. The number of aryl methyl sites for hydroxylation is 1. The van der Waals surface area contributed by atoms with Gasteiger partial charge in [0.25, 0.3) is 0 Å². The van der Waals surface area contributed by atoms with E-state index in [4.69, 9.17) is 29.9 Å². The first kappa shape index (κ1) is 52.1. The van der Waals surface area contributed by atoms with E-state index in [1.807, 2.05) is 194 Å². The second-order valence-electron chi connectivity index (χ2n) is 21.4. The van der Waals surface area contributed by atoms with E-state index in [0.717, 1.165) is 93.8 Å². The van der Waals surface area contributed by atoms with Gasteiger partial charge in [-0.25, -0.2) is 29.9 Å². The fourth-order valence-corrected chi connectivity index (χ4v) is 11.9. The van der Waals surface area contributed by atoms with Crippen molar-refractivity contribution in [3.8, 4) is 108 Å². The molecule has 0 radical (unpaired) electrons. The Morgan fingerprint density at radius 3 is 1.11 bits per heavy atom. The average Bonchev–Trinajstić information content (AvgIpc) is 1.66. The zero-order valence-corrected chi connectivity index (χ0v) is 46.5. The van der Waals surface area contributed by atoms with Crippen molar-refractivity contribution in [1.29, 1.82) is 5.26 Å². The third-order valence-electron chi connectivity index (χ3n) is 15.9. The molecule has 0 aliphatic heterocycles. The third kappa shape index (κ3) is 9.50. The Labute approximate surface area is 497 Å². The first-order valence-electron chi connectivity index (χ1n) is 28.3. The normalized spacial score (nSPS) is 11.7. The zero-order valence-electron chi connectivity index (χ0n) is 46.5. The molecular formula is C75H46F3N9. The van der Waals surface area contributed by atoms with Crippen molar-refractivity contribution in [1.82, 2.24) is 39.0 Å². The van der Waals surface area contributed by atoms with E-state index in [1.165, 1.54) is 12.1 Å². The van der Waals surface area contributed by atoms with Crippen LogP contribution in [0.1, 0.15) is 16.7 Å². The van der Waals surface area contributed by atoms with Crippen molar-refractivity contribution >= 4 is 43.6 Å². The smallest absolute Gasteiger partial charge is 0.309 e. The summed E-state index contributed by atoms with van der Waals surface area (Å²) in [6.45, 7) is 1.68. The van der Waals surface area contributed by atoms with Gasteiger partial charge in [-0.1, -0.05) is 182 Å². The topological polar surface area (TPSA) is 111 Å². The number of hydrogen-bond acceptors (Lipinski definition) is 7. The van der Waals surface area contributed by atoms with E-state index in [0.29, 0.717) is 62.9 Å². The number of alkyl halides is 3. The van der Waals surface area contributed by atoms with Crippen LogP contribution in [0.3, 0.4) is 0 Å². The lowest BCUT2D eigenvalue weighted by atomic mass is 9.94. The summed E-state index contributed by atoms with van der Waals surface area (Å²) in [5.74, 6) is 3.17. The van der Waals surface area contributed by atoms with Crippen LogP contribution >= 0.6 is 0 Å². The van der Waals surface area contributed by atoms with Crippen LogP contribution in [0.2, 0.25) is 0 Å². The van der Waals surface area contributed by atoms with Crippen LogP contribution in [0.15, 0.2) is 261 Å². The number of fused-ring (bicyclic) bond motifs is 6. The summed E-state index contributed by atoms with van der Waals surface area (Å²) in [6.07, 6.45) is -4.57. The van der Waals surface area contributed by atoms with Gasteiger partial charge in [0, 0.05) is 66.1 Å². The molecule has 15 rings (SSSR count). The molecule has 412 valence electrons. The molecule has 87 heavy (non-hydrogen) atoms. The van der Waals surface area contributed by atoms with Gasteiger partial charge < -0.3 is 9.13 Å². The minimum absolute atomic E-state index is 0.416. The Morgan fingerprint density at radius 2 is 0.690 bits per heavy atom. The van der Waals surface area contributed by atoms with Gasteiger partial charge in [0.15, 0.2) is 34.9 Å². The van der Waals surface area contributed by atoms with Crippen molar-refractivity contribution in [2.45, 2.75) is 13.1 Å². The molecule has 0 saturated heterocycles. The third-order valence-corrected chi connectivity index (χ3v) is 15.9. The Hall–Kier alpha value is -11.7. The summed E-state index contributed by atoms with van der Waals surface area (Å²) in [4.78, 5) is 30.2. The standard InChI is InChI=1S/C75H46F3N9/c1-46-38-55(41-56(39-46)75(76,77)78)52-31-35-60(68(44-52)87-64-29-17-15-27-58(64)62-43-54(33-37-66(62)87)74-84-71(50-22-10-4-11-23-50)81-72(85-74)51-24-12-5-13-25-51)59-34-30-47(45-79)40-67(59)86-63-28-16-14-26-57(63)61-42-53(32-36-65(61)86)73-82-69(48-18-6-2-7-19-48)80-70(83-73)49-20-8-3-9-21-49/h2-44H,1H3. The number of hydrogen-bond donors (Lipinski definition) is 0. The van der Waals surface area contributed by atoms with Gasteiger partial charge in [0.05, 0.1) is 50.6 Å². The molecule has 12 heteroatoms. The molecule has 0 atom stereocenters. The molecule has 11 aromatic carbocycles. The Kier molecular flexibility index (Phi) is 12.7. The van der Waals surface area contributed by atoms with Gasteiger partial charge in [-0.05, 0) is 102 Å². The summed E-state index contributed by atoms with van der Waals surface area (Å²) in [5, 5.41) is 14.4. The first-order valence-corrected chi connectivity index (χ1v) is 28.3. The fourth-order valence-electron chi connectivity index (χ4n) is 11.9. The van der Waals surface area contributed by atoms with Crippen LogP contribution in [0.4, 0.5) is 13.2 Å². The van der Waals surface area contributed by atoms with Crippen molar-refractivity contribution in [3.05, 3.63) is 278 Å². The summed E-state index contributed by atoms with van der Waals surface area (Å²) in [7, 11) is 0. The largest absolute Gasteiger partial charge is 0.416 e. The van der Waals surface area contributed by atoms with Crippen LogP contribution in [-0.2, 0) is 6.18 Å². The molecule has 0 aliphatic carbocycles. The number of rotatable bonds is 10. The Morgan fingerprint density at radius 1 is 0.322 bits per heavy atom. The van der Waals surface area contributed by atoms with Crippen molar-refractivity contribution in [2.75, 3.05) is 0 Å². The van der Waals surface area contributed by atoms with Crippen molar-refractivity contribution in [3.63, 3.8) is 0 Å². The molecule has 15 aromatic rings. The number of nitriles is 1. The number of aromatic nitrogens is 8. The van der Waals surface area contributed by atoms with E-state index in [-0.39, 0.29) is 0 Å². The summed E-state index contributed by atoms with van der Waals surface area (Å²) >= 11 is 0. The molecular weight excluding hydrogens is 1080 g/mol. The predicted molar refractivity (Wildman–Crippen MR) is 340 cm³/mol. The van der Waals surface area contributed by atoms with Gasteiger partial charge in [-0.15, -0.1) is 0 Å². The quantitative estimate of drug-likeness (QED) is 0.134. The molecule has 9 nitrogen and oxygen atoms in total. The monoisotopic (exact) mass is 1130 g/mol. The molecule has 4 aromatic heterocycles. The van der Waals surface area contributed by atoms with Crippen LogP contribution < -0.4 is 0 Å². The highest BCUT2D eigenvalue weighted by Gasteiger charge is 2.31. The Balaban J connectivity index is 0.953. The molecule has 0 N–H and O–H groups in total. The number of para-hydroxylation sites is 2. The molecule has 0 saturated carbocycles. The number of nitrogens with zero attached hydrogens (tertiary/aromatic N) is 9. The summed E-state index contributed by atoms with van der Waals surface area (Å²) in [6, 6.07) is 86.3. The van der Waals surface area contributed by atoms with E-state index >= 15 is 0 Å². The van der Waals surface area contributed by atoms with Gasteiger partial charge in [0.2, 0.25) is 0 Å². The predicted octanol–water partition coefficient (Wildman–Crippen LogP) is 18.8. The van der Waals surface area contributed by atoms with Crippen molar-refractivity contribution in [2.24, 2.45) is 0 Å². The van der Waals surface area contributed by atoms with Crippen LogP contribution in [-0.4, -0.2) is 39.0 Å². The molecule has 4 heterocycles. The average molecular weight is 1130 g/mol. The van der Waals surface area contributed by atoms with Gasteiger partial charge in [-0.3, -0.25) is 0 Å². The van der Waals surface area contributed by atoms with Crippen LogP contribution in [0.25, 0.3) is 146 Å². The SMILES string of the molecule is Cc1cc(-c2ccc(-c3ccc(C#N)cc3-n3c4ccccc4c4cc(-c5nc(-c6ccccc6)nc(-c6ccccc6)n5)ccc43)c(-n3c4ccccc4c4cc(-c5nc(-c6ccccc6)nc(-c6ccccc6)n5)ccc43)c2)cc(C(F)(F)F)c1. The molecule has 0 fully saturated rings. The van der Waals surface area contributed by atoms with Crippen molar-refractivity contribution < 1.29 is 13.2 Å². The van der Waals surface area contributed by atoms with Gasteiger partial charge in [0.1, 0.15) is 0 Å². The van der Waals surface area contributed by atoms with E-state index in [2.05, 4.69) is 63.7 Å². The molecule has 0 amide bonds. The lowest BCUT2D eigenvalue weighted by molar-refractivity contribution is -0.137. The molecule has 0 spiro atoms. The maximum absolute atomic E-state index is 14.7. The lowest BCUT2D eigenvalue weighted by Gasteiger charge is -2.20. The van der Waals surface area contributed by atoms with Crippen LogP contribution in [0, 0.1) is 18.3 Å². The fraction of sp³-hybridized carbons (Fsp3) is 0.0267. The number of benzene rings is 11. The maximum atomic E-state index is 14.7. The van der Waals surface area contributed by atoms with Gasteiger partial charge in [-0.2, -0.15) is 18.4 Å². The number of halogens is 3. The Bertz CT molecular complexity index is 5110. The minimum atomic E-state index is -4.57. The second kappa shape index (κ2) is 21.2. The van der Waals surface area contributed by atoms with E-state index in [9.17, 15) is 18.4 Å². The van der Waals surface area contributed by atoms with E-state index in [1.54, 1.807) is 13.0 Å². The lowest BCUT2D eigenvalue weighted by Crippen LogP contribution is -2.05. The maximum Gasteiger partial charge on any atom is 0.416 e. The first-order chi connectivity index (χ1) is 42.6. The summed E-state index contributed by atoms with van der Waals surface area (Å²) in [5.41, 5.74) is 12.6. The minimum Gasteiger partial charge on any atom is -0.309 e. The van der Waals surface area contributed by atoms with Gasteiger partial charge >= 0.3 is 6.18 Å². The molecule has 0 aliphatic rings. The molecule has 0 unspecified atom stereocenters. The highest BCUT2D eigenvalue weighted by Crippen LogP contribution is 2.45. The summed E-state index contributed by atoms with van der Waals surface area (Å²) < 4.78 is 48.3. The highest BCUT2D eigenvalue weighted by atomic mass is 19.4.